The van der Waals surface area contributed by atoms with Gasteiger partial charge in [0.25, 0.3) is 0 Å². The van der Waals surface area contributed by atoms with E-state index in [4.69, 9.17) is 25.4 Å². The van der Waals surface area contributed by atoms with Crippen molar-refractivity contribution in [3.8, 4) is 0 Å². The molecule has 0 bridgehead atoms. The van der Waals surface area contributed by atoms with Crippen LogP contribution >= 0.6 is 0 Å². The van der Waals surface area contributed by atoms with E-state index in [1.807, 2.05) is 27.7 Å². The van der Waals surface area contributed by atoms with Crippen molar-refractivity contribution in [2.45, 2.75) is 109 Å². The molecule has 13 nitrogen and oxygen atoms in total. The number of aliphatic carboxylic acids is 2. The first-order valence-electron chi connectivity index (χ1n) is 13.8. The first kappa shape index (κ1) is 35.7. The molecular formula is C27H50N4O9. The average Bonchev–Trinajstić information content (AvgIpc) is 3.07. The van der Waals surface area contributed by atoms with Gasteiger partial charge in [-0.05, 0) is 79.7 Å². The Morgan fingerprint density at radius 2 is 1.80 bits per heavy atom. The highest BCUT2D eigenvalue weighted by Gasteiger charge is 2.46. The Morgan fingerprint density at radius 1 is 1.15 bits per heavy atom. The lowest BCUT2D eigenvalue weighted by Gasteiger charge is -2.34. The Kier molecular flexibility index (Phi) is 13.9. The van der Waals surface area contributed by atoms with Crippen molar-refractivity contribution in [3.63, 3.8) is 0 Å². The third-order valence-electron chi connectivity index (χ3n) is 7.45. The molecule has 0 aromatic carbocycles. The predicted octanol–water partition coefficient (Wildman–Crippen LogP) is 0.675. The molecule has 0 saturated carbocycles. The number of amides is 2. The fourth-order valence-corrected chi connectivity index (χ4v) is 4.53. The average molecular weight is 575 g/mol. The van der Waals surface area contributed by atoms with Crippen molar-refractivity contribution in [1.82, 2.24) is 15.5 Å². The van der Waals surface area contributed by atoms with Gasteiger partial charge in [-0.15, -0.1) is 0 Å². The molecule has 0 spiro atoms. The van der Waals surface area contributed by atoms with Gasteiger partial charge in [0.05, 0.1) is 23.9 Å². The first-order chi connectivity index (χ1) is 18.4. The molecule has 1 heterocycles. The minimum atomic E-state index is -1.35. The standard InChI is InChI=1S/C27H50N4O9/c1-25(2,39-6)12-15-40-26(3,4)11-14-31-23(35)18(16-27(31,5)38)9-10-20(22(34)30-17-21(32)33)29-13-7-8-19(28)24(36)37/h18-20,29,38H,7-17,28H2,1-6H3,(H,30,34)(H,32,33)(H,36,37)/t18?,19-,20-,27?/m0/s1. The number of nitrogens with zero attached hydrogens (tertiary/aromatic N) is 1. The Morgan fingerprint density at radius 3 is 2.38 bits per heavy atom. The molecule has 2 amide bonds. The number of carbonyl (C=O) groups is 4. The largest absolute Gasteiger partial charge is 0.480 e. The SMILES string of the molecule is COC(C)(C)CCOC(C)(C)CCN1C(=O)C(CC[C@H](NCCC[C@H](N)C(=O)O)C(=O)NCC(=O)O)CC1(C)O. The lowest BCUT2D eigenvalue weighted by molar-refractivity contribution is -0.146. The third-order valence-corrected chi connectivity index (χ3v) is 7.45. The molecule has 2 unspecified atom stereocenters. The van der Waals surface area contributed by atoms with Crippen LogP contribution in [0.4, 0.5) is 0 Å². The Balaban J connectivity index is 2.73. The van der Waals surface area contributed by atoms with Gasteiger partial charge in [-0.3, -0.25) is 19.2 Å². The molecule has 13 heteroatoms. The van der Waals surface area contributed by atoms with E-state index in [0.29, 0.717) is 38.8 Å². The summed E-state index contributed by atoms with van der Waals surface area (Å²) in [7, 11) is 1.65. The summed E-state index contributed by atoms with van der Waals surface area (Å²) < 4.78 is 11.5. The van der Waals surface area contributed by atoms with Crippen LogP contribution in [0.25, 0.3) is 0 Å². The summed E-state index contributed by atoms with van der Waals surface area (Å²) in [5.74, 6) is -3.56. The molecule has 0 aromatic heterocycles. The molecule has 1 rings (SSSR count). The molecule has 0 radical (unpaired) electrons. The van der Waals surface area contributed by atoms with Crippen molar-refractivity contribution in [2.24, 2.45) is 11.7 Å². The summed E-state index contributed by atoms with van der Waals surface area (Å²) in [4.78, 5) is 49.1. The number of rotatable bonds is 20. The van der Waals surface area contributed by atoms with Crippen LogP contribution in [-0.4, -0.2) is 106 Å². The van der Waals surface area contributed by atoms with E-state index in [-0.39, 0.29) is 37.3 Å². The minimum absolute atomic E-state index is 0.200. The van der Waals surface area contributed by atoms with E-state index >= 15 is 0 Å². The van der Waals surface area contributed by atoms with Gasteiger partial charge in [-0.25, -0.2) is 0 Å². The second kappa shape index (κ2) is 15.6. The number of methoxy groups -OCH3 is 1. The zero-order valence-corrected chi connectivity index (χ0v) is 24.8. The minimum Gasteiger partial charge on any atom is -0.480 e. The van der Waals surface area contributed by atoms with Crippen LogP contribution in [-0.2, 0) is 28.7 Å². The second-order valence-electron chi connectivity index (χ2n) is 12.0. The summed E-state index contributed by atoms with van der Waals surface area (Å²) in [6.07, 6.45) is 2.53. The molecule has 232 valence electrons. The predicted molar refractivity (Wildman–Crippen MR) is 147 cm³/mol. The lowest BCUT2D eigenvalue weighted by atomic mass is 9.95. The molecule has 1 aliphatic heterocycles. The van der Waals surface area contributed by atoms with Crippen LogP contribution in [0.1, 0.15) is 79.6 Å². The molecule has 1 aliphatic rings. The van der Waals surface area contributed by atoms with Gasteiger partial charge in [-0.1, -0.05) is 0 Å². The molecule has 1 saturated heterocycles. The summed E-state index contributed by atoms with van der Waals surface area (Å²) in [6, 6.07) is -1.81. The van der Waals surface area contributed by atoms with Crippen molar-refractivity contribution in [2.75, 3.05) is 33.4 Å². The molecular weight excluding hydrogens is 524 g/mol. The number of ether oxygens (including phenoxy) is 2. The molecule has 4 atom stereocenters. The first-order valence-corrected chi connectivity index (χ1v) is 13.8. The Bertz CT molecular complexity index is 863. The van der Waals surface area contributed by atoms with E-state index in [1.165, 1.54) is 4.90 Å². The van der Waals surface area contributed by atoms with Gasteiger partial charge in [-0.2, -0.15) is 0 Å². The van der Waals surface area contributed by atoms with Crippen LogP contribution in [0.2, 0.25) is 0 Å². The van der Waals surface area contributed by atoms with Gasteiger partial charge in [0.1, 0.15) is 18.3 Å². The van der Waals surface area contributed by atoms with Crippen LogP contribution in [0.5, 0.6) is 0 Å². The topological polar surface area (TPSA) is 201 Å². The van der Waals surface area contributed by atoms with E-state index in [2.05, 4.69) is 10.6 Å². The summed E-state index contributed by atoms with van der Waals surface area (Å²) in [5, 5.41) is 34.2. The van der Waals surface area contributed by atoms with Crippen molar-refractivity contribution < 1.29 is 44.0 Å². The third kappa shape index (κ3) is 12.5. The number of hydrogen-bond donors (Lipinski definition) is 6. The van der Waals surface area contributed by atoms with E-state index < -0.39 is 53.7 Å². The molecule has 0 aromatic rings. The molecule has 7 N–H and O–H groups in total. The number of likely N-dealkylation sites (tertiary alicyclic amines) is 1. The van der Waals surface area contributed by atoms with Gasteiger partial charge >= 0.3 is 11.9 Å². The van der Waals surface area contributed by atoms with Crippen molar-refractivity contribution >= 4 is 23.8 Å². The smallest absolute Gasteiger partial charge is 0.322 e. The lowest BCUT2D eigenvalue weighted by Crippen LogP contribution is -2.46. The van der Waals surface area contributed by atoms with E-state index in [0.717, 1.165) is 0 Å². The number of aliphatic hydroxyl groups is 1. The van der Waals surface area contributed by atoms with Gasteiger partial charge < -0.3 is 46.1 Å². The molecule has 0 aliphatic carbocycles. The van der Waals surface area contributed by atoms with Crippen LogP contribution in [0.3, 0.4) is 0 Å². The zero-order chi connectivity index (χ0) is 30.7. The normalized spacial score (nSPS) is 21.4. The van der Waals surface area contributed by atoms with E-state index in [1.54, 1.807) is 14.0 Å². The van der Waals surface area contributed by atoms with E-state index in [9.17, 15) is 24.3 Å². The highest BCUT2D eigenvalue weighted by atomic mass is 16.5. The number of nitrogens with one attached hydrogen (secondary N) is 2. The number of carbonyl (C=O) groups excluding carboxylic acids is 2. The number of hydrogen-bond acceptors (Lipinski definition) is 9. The number of nitrogens with two attached hydrogens (primary N) is 1. The van der Waals surface area contributed by atoms with Crippen LogP contribution in [0, 0.1) is 5.92 Å². The molecule has 1 fully saturated rings. The van der Waals surface area contributed by atoms with Crippen molar-refractivity contribution in [3.05, 3.63) is 0 Å². The Hall–Kier alpha value is -2.32. The number of carboxylic acid groups (broad SMARTS) is 2. The molecule has 40 heavy (non-hydrogen) atoms. The maximum atomic E-state index is 13.3. The quantitative estimate of drug-likeness (QED) is 0.112. The maximum absolute atomic E-state index is 13.3. The summed E-state index contributed by atoms with van der Waals surface area (Å²) in [5.41, 5.74) is 3.33. The van der Waals surface area contributed by atoms with Gasteiger partial charge in [0.2, 0.25) is 11.8 Å². The summed E-state index contributed by atoms with van der Waals surface area (Å²) in [6.45, 7) is 9.96. The zero-order valence-electron chi connectivity index (χ0n) is 24.8. The highest BCUT2D eigenvalue weighted by molar-refractivity contribution is 5.85. The fourth-order valence-electron chi connectivity index (χ4n) is 4.53. The monoisotopic (exact) mass is 574 g/mol. The second-order valence-corrected chi connectivity index (χ2v) is 12.0. The van der Waals surface area contributed by atoms with Gasteiger partial charge in [0.15, 0.2) is 0 Å². The highest BCUT2D eigenvalue weighted by Crippen LogP contribution is 2.36. The number of carboxylic acids is 2. The fraction of sp³-hybridized carbons (Fsp3) is 0.852. The van der Waals surface area contributed by atoms with Crippen LogP contribution in [0.15, 0.2) is 0 Å². The van der Waals surface area contributed by atoms with Crippen molar-refractivity contribution in [1.29, 1.82) is 0 Å². The maximum Gasteiger partial charge on any atom is 0.322 e. The Labute approximate surface area is 237 Å². The summed E-state index contributed by atoms with van der Waals surface area (Å²) >= 11 is 0. The van der Waals surface area contributed by atoms with Crippen LogP contribution < -0.4 is 16.4 Å². The van der Waals surface area contributed by atoms with Gasteiger partial charge in [0, 0.05) is 26.0 Å².